The topological polar surface area (TPSA) is 53.0 Å². The lowest BCUT2D eigenvalue weighted by atomic mass is 10.00. The molecule has 1 aromatic carbocycles. The lowest BCUT2D eigenvalue weighted by molar-refractivity contribution is 0.0296. The van der Waals surface area contributed by atoms with Crippen molar-refractivity contribution in [3.8, 4) is 0 Å². The second-order valence-corrected chi connectivity index (χ2v) is 6.18. The number of aliphatic hydroxyl groups is 1. The van der Waals surface area contributed by atoms with Crippen molar-refractivity contribution in [3.63, 3.8) is 0 Å². The van der Waals surface area contributed by atoms with Gasteiger partial charge in [-0.05, 0) is 30.4 Å². The van der Waals surface area contributed by atoms with Crippen LogP contribution in [0, 0.1) is 0 Å². The summed E-state index contributed by atoms with van der Waals surface area (Å²) in [5, 5.41) is 10.1. The molecule has 0 aliphatic carbocycles. The van der Waals surface area contributed by atoms with Gasteiger partial charge in [0.1, 0.15) is 12.7 Å². The predicted octanol–water partition coefficient (Wildman–Crippen LogP) is 1.64. The van der Waals surface area contributed by atoms with Crippen LogP contribution in [0.2, 0.25) is 0 Å². The van der Waals surface area contributed by atoms with Crippen LogP contribution in [0.1, 0.15) is 24.0 Å². The highest BCUT2D eigenvalue weighted by molar-refractivity contribution is 5.67. The third-order valence-electron chi connectivity index (χ3n) is 4.44. The third-order valence-corrected chi connectivity index (χ3v) is 4.44. The molecule has 1 saturated heterocycles. The maximum Gasteiger partial charge on any atom is 0.409 e. The SMILES string of the molecule is O=C(OCC(O)CN1CCc2ccccc2C1)N1CCCC1. The lowest BCUT2D eigenvalue weighted by Gasteiger charge is -2.30. The number of rotatable bonds is 4. The summed E-state index contributed by atoms with van der Waals surface area (Å²) in [6.07, 6.45) is 2.18. The van der Waals surface area contributed by atoms with Crippen LogP contribution in [0.25, 0.3) is 0 Å². The van der Waals surface area contributed by atoms with E-state index >= 15 is 0 Å². The van der Waals surface area contributed by atoms with Crippen LogP contribution in [0.15, 0.2) is 24.3 Å². The Bertz CT molecular complexity index is 514. The third kappa shape index (κ3) is 3.78. The van der Waals surface area contributed by atoms with Crippen molar-refractivity contribution in [2.75, 3.05) is 32.8 Å². The zero-order chi connectivity index (χ0) is 15.4. The highest BCUT2D eigenvalue weighted by Crippen LogP contribution is 2.18. The number of benzene rings is 1. The molecular weight excluding hydrogens is 280 g/mol. The molecule has 1 fully saturated rings. The molecule has 120 valence electrons. The summed E-state index contributed by atoms with van der Waals surface area (Å²) >= 11 is 0. The van der Waals surface area contributed by atoms with Gasteiger partial charge >= 0.3 is 6.09 Å². The van der Waals surface area contributed by atoms with E-state index in [0.717, 1.165) is 45.4 Å². The summed E-state index contributed by atoms with van der Waals surface area (Å²) in [4.78, 5) is 15.7. The van der Waals surface area contributed by atoms with Gasteiger partial charge in [0.2, 0.25) is 0 Å². The van der Waals surface area contributed by atoms with Gasteiger partial charge < -0.3 is 14.7 Å². The monoisotopic (exact) mass is 304 g/mol. The Morgan fingerprint density at radius 1 is 1.18 bits per heavy atom. The number of aliphatic hydroxyl groups excluding tert-OH is 1. The number of ether oxygens (including phenoxy) is 1. The van der Waals surface area contributed by atoms with Crippen LogP contribution in [-0.2, 0) is 17.7 Å². The van der Waals surface area contributed by atoms with Gasteiger partial charge in [0, 0.05) is 32.7 Å². The molecule has 2 aliphatic heterocycles. The Labute approximate surface area is 131 Å². The van der Waals surface area contributed by atoms with E-state index in [1.54, 1.807) is 4.90 Å². The van der Waals surface area contributed by atoms with E-state index < -0.39 is 6.10 Å². The summed E-state index contributed by atoms with van der Waals surface area (Å²) in [5.41, 5.74) is 2.73. The number of carbonyl (C=O) groups is 1. The maximum atomic E-state index is 11.8. The average Bonchev–Trinajstić information content (AvgIpc) is 3.07. The van der Waals surface area contributed by atoms with Crippen molar-refractivity contribution in [3.05, 3.63) is 35.4 Å². The van der Waals surface area contributed by atoms with Gasteiger partial charge in [-0.3, -0.25) is 4.90 Å². The lowest BCUT2D eigenvalue weighted by Crippen LogP contribution is -2.39. The molecule has 2 heterocycles. The molecule has 0 radical (unpaired) electrons. The Kier molecular flexibility index (Phi) is 4.95. The van der Waals surface area contributed by atoms with Crippen molar-refractivity contribution in [2.45, 2.75) is 31.9 Å². The first-order valence-corrected chi connectivity index (χ1v) is 8.11. The van der Waals surface area contributed by atoms with E-state index in [4.69, 9.17) is 4.74 Å². The highest BCUT2D eigenvalue weighted by Gasteiger charge is 2.22. The Morgan fingerprint density at radius 3 is 2.68 bits per heavy atom. The van der Waals surface area contributed by atoms with Gasteiger partial charge in [-0.25, -0.2) is 4.79 Å². The van der Waals surface area contributed by atoms with Crippen LogP contribution < -0.4 is 0 Å². The van der Waals surface area contributed by atoms with E-state index in [-0.39, 0.29) is 12.7 Å². The first-order chi connectivity index (χ1) is 10.7. The average molecular weight is 304 g/mol. The summed E-state index contributed by atoms with van der Waals surface area (Å²) in [6.45, 7) is 3.96. The number of carbonyl (C=O) groups excluding carboxylic acids is 1. The largest absolute Gasteiger partial charge is 0.447 e. The van der Waals surface area contributed by atoms with Crippen LogP contribution in [0.5, 0.6) is 0 Å². The van der Waals surface area contributed by atoms with Gasteiger partial charge in [-0.15, -0.1) is 0 Å². The van der Waals surface area contributed by atoms with Crippen molar-refractivity contribution in [2.24, 2.45) is 0 Å². The second-order valence-electron chi connectivity index (χ2n) is 6.18. The number of amides is 1. The van der Waals surface area contributed by atoms with Gasteiger partial charge in [0.25, 0.3) is 0 Å². The number of β-amino-alcohol motifs (C(OH)–C–C–N with tert-alkyl or cyclic N) is 1. The Morgan fingerprint density at radius 2 is 1.91 bits per heavy atom. The molecule has 0 aromatic heterocycles. The molecule has 5 nitrogen and oxygen atoms in total. The van der Waals surface area contributed by atoms with Gasteiger partial charge in [-0.1, -0.05) is 24.3 Å². The zero-order valence-corrected chi connectivity index (χ0v) is 12.9. The molecular formula is C17H24N2O3. The summed E-state index contributed by atoms with van der Waals surface area (Å²) in [6, 6.07) is 8.43. The fourth-order valence-corrected chi connectivity index (χ4v) is 3.22. The minimum atomic E-state index is -0.628. The fourth-order valence-electron chi connectivity index (χ4n) is 3.22. The Hall–Kier alpha value is -1.59. The second kappa shape index (κ2) is 7.11. The van der Waals surface area contributed by atoms with Crippen LogP contribution >= 0.6 is 0 Å². The number of hydrogen-bond donors (Lipinski definition) is 1. The minimum absolute atomic E-state index is 0.0769. The predicted molar refractivity (Wildman–Crippen MR) is 83.6 cm³/mol. The minimum Gasteiger partial charge on any atom is -0.447 e. The normalized spacial score (nSPS) is 19.8. The standard InChI is InChI=1S/C17H24N2O3/c20-16(13-22-17(21)19-8-3-4-9-19)12-18-10-7-14-5-1-2-6-15(14)11-18/h1-2,5-6,16,20H,3-4,7-13H2. The number of hydrogen-bond acceptors (Lipinski definition) is 4. The molecule has 0 bridgehead atoms. The van der Waals surface area contributed by atoms with Crippen LogP contribution in [0.4, 0.5) is 4.79 Å². The first kappa shape index (κ1) is 15.3. The molecule has 3 rings (SSSR count). The van der Waals surface area contributed by atoms with E-state index in [2.05, 4.69) is 29.2 Å². The van der Waals surface area contributed by atoms with Crippen LogP contribution in [-0.4, -0.2) is 59.9 Å². The van der Waals surface area contributed by atoms with Crippen LogP contribution in [0.3, 0.4) is 0 Å². The van der Waals surface area contributed by atoms with E-state index in [0.29, 0.717) is 6.54 Å². The Balaban J connectivity index is 1.42. The first-order valence-electron chi connectivity index (χ1n) is 8.11. The molecule has 0 saturated carbocycles. The van der Waals surface area contributed by atoms with Gasteiger partial charge in [0.15, 0.2) is 0 Å². The molecule has 0 spiro atoms. The fraction of sp³-hybridized carbons (Fsp3) is 0.588. The molecule has 1 unspecified atom stereocenters. The molecule has 1 atom stereocenters. The van der Waals surface area contributed by atoms with Crippen molar-refractivity contribution < 1.29 is 14.6 Å². The van der Waals surface area contributed by atoms with Crippen molar-refractivity contribution in [1.82, 2.24) is 9.80 Å². The molecule has 1 amide bonds. The van der Waals surface area contributed by atoms with E-state index in [9.17, 15) is 9.90 Å². The summed E-state index contributed by atoms with van der Waals surface area (Å²) in [7, 11) is 0. The van der Waals surface area contributed by atoms with Crippen molar-refractivity contribution >= 4 is 6.09 Å². The number of nitrogens with zero attached hydrogens (tertiary/aromatic N) is 2. The quantitative estimate of drug-likeness (QED) is 0.919. The molecule has 1 aromatic rings. The van der Waals surface area contributed by atoms with E-state index in [1.165, 1.54) is 11.1 Å². The summed E-state index contributed by atoms with van der Waals surface area (Å²) in [5.74, 6) is 0. The molecule has 5 heteroatoms. The molecule has 2 aliphatic rings. The zero-order valence-electron chi connectivity index (χ0n) is 12.9. The highest BCUT2D eigenvalue weighted by atomic mass is 16.6. The van der Waals surface area contributed by atoms with Crippen molar-refractivity contribution in [1.29, 1.82) is 0 Å². The molecule has 1 N–H and O–H groups in total. The molecule has 22 heavy (non-hydrogen) atoms. The number of likely N-dealkylation sites (tertiary alicyclic amines) is 1. The van der Waals surface area contributed by atoms with Gasteiger partial charge in [-0.2, -0.15) is 0 Å². The van der Waals surface area contributed by atoms with Gasteiger partial charge in [0.05, 0.1) is 0 Å². The smallest absolute Gasteiger partial charge is 0.409 e. The summed E-state index contributed by atoms with van der Waals surface area (Å²) < 4.78 is 5.21. The number of fused-ring (bicyclic) bond motifs is 1. The maximum absolute atomic E-state index is 11.8. The van der Waals surface area contributed by atoms with E-state index in [1.807, 2.05) is 0 Å².